The summed E-state index contributed by atoms with van der Waals surface area (Å²) in [4.78, 5) is 20.2. The first-order chi connectivity index (χ1) is 18.6. The lowest BCUT2D eigenvalue weighted by molar-refractivity contribution is -0.118. The third-order valence-corrected chi connectivity index (χ3v) is 7.56. The van der Waals surface area contributed by atoms with E-state index in [4.69, 9.17) is 21.1 Å². The molecule has 2 heterocycles. The van der Waals surface area contributed by atoms with Crippen LogP contribution in [0.3, 0.4) is 0 Å². The number of benzene rings is 2. The number of carbonyl (C=O) groups is 1. The summed E-state index contributed by atoms with van der Waals surface area (Å²) in [7, 11) is 1.65. The Morgan fingerprint density at radius 3 is 2.82 bits per heavy atom. The Morgan fingerprint density at radius 1 is 1.24 bits per heavy atom. The zero-order valence-electron chi connectivity index (χ0n) is 22.1. The van der Waals surface area contributed by atoms with Gasteiger partial charge >= 0.3 is 0 Å². The predicted octanol–water partition coefficient (Wildman–Crippen LogP) is 5.23. The average Bonchev–Trinajstić information content (AvgIpc) is 3.56. The number of morpholine rings is 1. The number of amides is 1. The summed E-state index contributed by atoms with van der Waals surface area (Å²) < 4.78 is 13.1. The Kier molecular flexibility index (Phi) is 8.35. The molecule has 1 unspecified atom stereocenters. The number of aromatic nitrogens is 2. The Bertz CT molecular complexity index is 1310. The first-order valence-electron chi connectivity index (χ1n) is 13.3. The predicted molar refractivity (Wildman–Crippen MR) is 151 cm³/mol. The van der Waals surface area contributed by atoms with Crippen LogP contribution in [0.25, 0.3) is 11.8 Å². The van der Waals surface area contributed by atoms with Gasteiger partial charge < -0.3 is 24.3 Å². The number of methoxy groups -OCH3 is 1. The molecule has 1 atom stereocenters. The van der Waals surface area contributed by atoms with Crippen LogP contribution < -0.4 is 15.0 Å². The van der Waals surface area contributed by atoms with E-state index in [1.807, 2.05) is 42.0 Å². The third-order valence-electron chi connectivity index (χ3n) is 7.29. The molecule has 3 aromatic rings. The van der Waals surface area contributed by atoms with E-state index in [2.05, 4.69) is 33.4 Å². The highest BCUT2D eigenvalue weighted by Crippen LogP contribution is 2.34. The summed E-state index contributed by atoms with van der Waals surface area (Å²) in [6.07, 6.45) is 8.88. The van der Waals surface area contributed by atoms with Crippen LogP contribution in [0.4, 0.5) is 5.69 Å². The zero-order chi connectivity index (χ0) is 26.5. The van der Waals surface area contributed by atoms with Gasteiger partial charge in [-0.3, -0.25) is 4.79 Å². The van der Waals surface area contributed by atoms with Crippen molar-refractivity contribution in [3.05, 3.63) is 76.9 Å². The number of nitrogens with zero attached hydrogens (tertiary/aromatic N) is 3. The topological polar surface area (TPSA) is 68.6 Å². The van der Waals surface area contributed by atoms with E-state index in [9.17, 15) is 4.79 Å². The van der Waals surface area contributed by atoms with Crippen molar-refractivity contribution in [1.82, 2.24) is 14.9 Å². The van der Waals surface area contributed by atoms with Crippen molar-refractivity contribution in [3.63, 3.8) is 0 Å². The smallest absolute Gasteiger partial charge is 0.247 e. The van der Waals surface area contributed by atoms with E-state index in [1.165, 1.54) is 16.8 Å². The summed E-state index contributed by atoms with van der Waals surface area (Å²) >= 11 is 6.01. The molecule has 7 nitrogen and oxygen atoms in total. The molecule has 2 aromatic carbocycles. The van der Waals surface area contributed by atoms with Crippen molar-refractivity contribution < 1.29 is 14.3 Å². The fourth-order valence-electron chi connectivity index (χ4n) is 5.28. The Balaban J connectivity index is 1.34. The molecule has 1 N–H and O–H groups in total. The molecule has 1 aliphatic heterocycles. The number of aryl methyl sites for hydroxylation is 2. The van der Waals surface area contributed by atoms with Gasteiger partial charge in [-0.2, -0.15) is 0 Å². The molecule has 200 valence electrons. The van der Waals surface area contributed by atoms with Crippen molar-refractivity contribution in [2.45, 2.75) is 38.6 Å². The summed E-state index contributed by atoms with van der Waals surface area (Å²) in [5.41, 5.74) is 7.23. The molecule has 1 fully saturated rings. The monoisotopic (exact) mass is 534 g/mol. The lowest BCUT2D eigenvalue weighted by atomic mass is 10.0. The van der Waals surface area contributed by atoms with E-state index < -0.39 is 0 Å². The van der Waals surface area contributed by atoms with Crippen LogP contribution in [0.5, 0.6) is 5.75 Å². The van der Waals surface area contributed by atoms with Crippen LogP contribution in [-0.2, 0) is 16.0 Å². The number of halogens is 1. The van der Waals surface area contributed by atoms with Crippen molar-refractivity contribution >= 4 is 29.3 Å². The highest BCUT2D eigenvalue weighted by atomic mass is 35.5. The van der Waals surface area contributed by atoms with Crippen LogP contribution in [-0.4, -0.2) is 54.8 Å². The van der Waals surface area contributed by atoms with Gasteiger partial charge in [0.15, 0.2) is 0 Å². The standard InChI is InChI=1S/C30H35ClN4O3/c1-21-19-35(20-32-21)28-10-5-22(17-29(28)37-2)16-24(4-3-11-31)30(36)33-27-9-6-23-18-25(7-8-26(23)27)34-12-14-38-15-13-34/h5,7-8,10,16-20,27H,3-4,6,9,11-15H2,1-2H3,(H,33,36). The van der Waals surface area contributed by atoms with E-state index >= 15 is 0 Å². The number of hydrogen-bond acceptors (Lipinski definition) is 5. The van der Waals surface area contributed by atoms with Crippen LogP contribution in [0, 0.1) is 6.92 Å². The van der Waals surface area contributed by atoms with Crippen LogP contribution in [0.2, 0.25) is 0 Å². The van der Waals surface area contributed by atoms with E-state index in [1.54, 1.807) is 13.4 Å². The molecular weight excluding hydrogens is 500 g/mol. The van der Waals surface area contributed by atoms with Gasteiger partial charge in [0, 0.05) is 36.4 Å². The van der Waals surface area contributed by atoms with Crippen molar-refractivity contribution in [2.24, 2.45) is 0 Å². The molecule has 0 saturated carbocycles. The van der Waals surface area contributed by atoms with E-state index in [-0.39, 0.29) is 11.9 Å². The largest absolute Gasteiger partial charge is 0.495 e. The molecule has 1 aliphatic carbocycles. The SMILES string of the molecule is COc1cc(C=C(CCCCl)C(=O)NC2CCc3cc(N4CCOCC4)ccc32)ccc1-n1cnc(C)c1. The number of imidazole rings is 1. The quantitative estimate of drug-likeness (QED) is 0.301. The minimum absolute atomic E-state index is 0.0111. The molecule has 8 heteroatoms. The molecule has 0 radical (unpaired) electrons. The second-order valence-corrected chi connectivity index (χ2v) is 10.2. The zero-order valence-corrected chi connectivity index (χ0v) is 22.8. The molecular formula is C30H35ClN4O3. The second kappa shape index (κ2) is 12.0. The maximum atomic E-state index is 13.5. The first kappa shape index (κ1) is 26.3. The maximum absolute atomic E-state index is 13.5. The van der Waals surface area contributed by atoms with Crippen LogP contribution >= 0.6 is 11.6 Å². The number of nitrogens with one attached hydrogen (secondary N) is 1. The Hall–Kier alpha value is -3.29. The van der Waals surface area contributed by atoms with Gasteiger partial charge in [-0.1, -0.05) is 12.1 Å². The molecule has 0 bridgehead atoms. The van der Waals surface area contributed by atoms with Gasteiger partial charge in [0.05, 0.1) is 44.1 Å². The number of hydrogen-bond donors (Lipinski definition) is 1. The number of alkyl halides is 1. The van der Waals surface area contributed by atoms with Gasteiger partial charge in [0.2, 0.25) is 5.91 Å². The van der Waals surface area contributed by atoms with Crippen molar-refractivity contribution in [2.75, 3.05) is 44.2 Å². The average molecular weight is 535 g/mol. The Labute approximate surface area is 229 Å². The first-order valence-corrected chi connectivity index (χ1v) is 13.8. The fraction of sp³-hybridized carbons (Fsp3) is 0.400. The van der Waals surface area contributed by atoms with Crippen LogP contribution in [0.15, 0.2) is 54.5 Å². The molecule has 1 aromatic heterocycles. The minimum Gasteiger partial charge on any atom is -0.495 e. The molecule has 38 heavy (non-hydrogen) atoms. The summed E-state index contributed by atoms with van der Waals surface area (Å²) in [6, 6.07) is 12.6. The van der Waals surface area contributed by atoms with Crippen molar-refractivity contribution in [1.29, 1.82) is 0 Å². The van der Waals surface area contributed by atoms with Gasteiger partial charge in [-0.05, 0) is 79.6 Å². The number of rotatable bonds is 9. The molecule has 0 spiro atoms. The molecule has 2 aliphatic rings. The minimum atomic E-state index is -0.0431. The molecule has 5 rings (SSSR count). The summed E-state index contributed by atoms with van der Waals surface area (Å²) in [5.74, 6) is 1.18. The highest BCUT2D eigenvalue weighted by Gasteiger charge is 2.26. The molecule has 1 saturated heterocycles. The van der Waals surface area contributed by atoms with E-state index in [0.29, 0.717) is 18.1 Å². The van der Waals surface area contributed by atoms with Gasteiger partial charge in [-0.15, -0.1) is 11.6 Å². The maximum Gasteiger partial charge on any atom is 0.247 e. The highest BCUT2D eigenvalue weighted by molar-refractivity contribution is 6.17. The third kappa shape index (κ3) is 5.89. The second-order valence-electron chi connectivity index (χ2n) is 9.86. The Morgan fingerprint density at radius 2 is 2.08 bits per heavy atom. The van der Waals surface area contributed by atoms with Gasteiger partial charge in [0.25, 0.3) is 0 Å². The van der Waals surface area contributed by atoms with Gasteiger partial charge in [0.1, 0.15) is 5.75 Å². The molecule has 1 amide bonds. The number of fused-ring (bicyclic) bond motifs is 1. The van der Waals surface area contributed by atoms with Crippen molar-refractivity contribution in [3.8, 4) is 11.4 Å². The summed E-state index contributed by atoms with van der Waals surface area (Å²) in [6.45, 7) is 5.33. The number of ether oxygens (including phenoxy) is 2. The lowest BCUT2D eigenvalue weighted by Gasteiger charge is -2.29. The normalized spacial score (nSPS) is 17.4. The lowest BCUT2D eigenvalue weighted by Crippen LogP contribution is -2.36. The number of anilines is 1. The van der Waals surface area contributed by atoms with E-state index in [0.717, 1.165) is 68.1 Å². The fourth-order valence-corrected chi connectivity index (χ4v) is 5.42. The van der Waals surface area contributed by atoms with Gasteiger partial charge in [-0.25, -0.2) is 4.98 Å². The van der Waals surface area contributed by atoms with Crippen LogP contribution in [0.1, 0.15) is 47.7 Å². The number of carbonyl (C=O) groups excluding carboxylic acids is 1. The summed E-state index contributed by atoms with van der Waals surface area (Å²) in [5, 5.41) is 3.30.